The van der Waals surface area contributed by atoms with E-state index in [2.05, 4.69) is 17.6 Å². The lowest BCUT2D eigenvalue weighted by molar-refractivity contribution is -0.121. The van der Waals surface area contributed by atoms with Gasteiger partial charge >= 0.3 is 0 Å². The van der Waals surface area contributed by atoms with Crippen LogP contribution in [0.1, 0.15) is 53.7 Å². The van der Waals surface area contributed by atoms with Gasteiger partial charge in [-0.25, -0.2) is 0 Å². The highest BCUT2D eigenvalue weighted by atomic mass is 16.2. The zero-order chi connectivity index (χ0) is 18.1. The minimum Gasteiger partial charge on any atom is -0.352 e. The molecule has 25 heavy (non-hydrogen) atoms. The highest BCUT2D eigenvalue weighted by Crippen LogP contribution is 2.18. The average molecular weight is 338 g/mol. The molecule has 0 aliphatic carbocycles. The van der Waals surface area contributed by atoms with Gasteiger partial charge in [0.25, 0.3) is 5.91 Å². The molecule has 0 spiro atoms. The largest absolute Gasteiger partial charge is 0.352 e. The quantitative estimate of drug-likeness (QED) is 0.770. The van der Waals surface area contributed by atoms with Gasteiger partial charge in [-0.1, -0.05) is 61.9 Å². The van der Waals surface area contributed by atoms with Crippen molar-refractivity contribution in [3.63, 3.8) is 0 Å². The van der Waals surface area contributed by atoms with Gasteiger partial charge in [0.1, 0.15) is 0 Å². The average Bonchev–Trinajstić information content (AvgIpc) is 2.62. The van der Waals surface area contributed by atoms with Crippen LogP contribution in [0.2, 0.25) is 0 Å². The Balaban J connectivity index is 1.83. The zero-order valence-electron chi connectivity index (χ0n) is 14.9. The monoisotopic (exact) mass is 338 g/mol. The summed E-state index contributed by atoms with van der Waals surface area (Å²) in [7, 11) is 0. The summed E-state index contributed by atoms with van der Waals surface area (Å²) in [5, 5.41) is 5.88. The number of aryl methyl sites for hydroxylation is 1. The molecular formula is C21H26N2O2. The minimum absolute atomic E-state index is 0.0192. The summed E-state index contributed by atoms with van der Waals surface area (Å²) < 4.78 is 0. The molecular weight excluding hydrogens is 312 g/mol. The van der Waals surface area contributed by atoms with Gasteiger partial charge in [-0.3, -0.25) is 9.59 Å². The SMILES string of the molecule is CCCC(NC(=O)CCNC(=O)c1ccccc1C)c1ccccc1. The summed E-state index contributed by atoms with van der Waals surface area (Å²) in [5.74, 6) is -0.188. The van der Waals surface area contributed by atoms with Gasteiger partial charge in [0.2, 0.25) is 5.91 Å². The fraction of sp³-hybridized carbons (Fsp3) is 0.333. The van der Waals surface area contributed by atoms with E-state index >= 15 is 0 Å². The lowest BCUT2D eigenvalue weighted by Gasteiger charge is -2.18. The predicted octanol–water partition coefficient (Wildman–Crippen LogP) is 3.77. The van der Waals surface area contributed by atoms with Crippen LogP contribution in [0.5, 0.6) is 0 Å². The number of nitrogens with one attached hydrogen (secondary N) is 2. The maximum atomic E-state index is 12.2. The van der Waals surface area contributed by atoms with Crippen molar-refractivity contribution >= 4 is 11.8 Å². The maximum Gasteiger partial charge on any atom is 0.251 e. The molecule has 2 amide bonds. The predicted molar refractivity (Wildman–Crippen MR) is 100 cm³/mol. The van der Waals surface area contributed by atoms with E-state index in [0.717, 1.165) is 24.0 Å². The van der Waals surface area contributed by atoms with Crippen molar-refractivity contribution in [2.75, 3.05) is 6.54 Å². The lowest BCUT2D eigenvalue weighted by Crippen LogP contribution is -2.33. The molecule has 0 aliphatic rings. The summed E-state index contributed by atoms with van der Waals surface area (Å²) in [5.41, 5.74) is 2.69. The molecule has 132 valence electrons. The summed E-state index contributed by atoms with van der Waals surface area (Å²) in [6.45, 7) is 4.33. The number of benzene rings is 2. The van der Waals surface area contributed by atoms with E-state index in [1.807, 2.05) is 55.5 Å². The van der Waals surface area contributed by atoms with E-state index in [1.165, 1.54) is 0 Å². The van der Waals surface area contributed by atoms with E-state index in [9.17, 15) is 9.59 Å². The first-order valence-electron chi connectivity index (χ1n) is 8.80. The van der Waals surface area contributed by atoms with E-state index in [-0.39, 0.29) is 24.3 Å². The highest BCUT2D eigenvalue weighted by molar-refractivity contribution is 5.95. The lowest BCUT2D eigenvalue weighted by atomic mass is 10.0. The summed E-state index contributed by atoms with van der Waals surface area (Å²) in [6.07, 6.45) is 2.15. The number of hydrogen-bond donors (Lipinski definition) is 2. The van der Waals surface area contributed by atoms with Gasteiger partial charge in [0.15, 0.2) is 0 Å². The first-order chi connectivity index (χ1) is 12.1. The van der Waals surface area contributed by atoms with Crippen LogP contribution in [0.3, 0.4) is 0 Å². The second-order valence-corrected chi connectivity index (χ2v) is 6.14. The molecule has 0 fully saturated rings. The fourth-order valence-corrected chi connectivity index (χ4v) is 2.78. The van der Waals surface area contributed by atoms with Crippen molar-refractivity contribution < 1.29 is 9.59 Å². The Bertz CT molecular complexity index is 698. The van der Waals surface area contributed by atoms with Crippen molar-refractivity contribution in [3.8, 4) is 0 Å². The second-order valence-electron chi connectivity index (χ2n) is 6.14. The Kier molecular flexibility index (Phi) is 7.20. The molecule has 0 heterocycles. The summed E-state index contributed by atoms with van der Waals surface area (Å²) in [6, 6.07) is 17.4. The van der Waals surface area contributed by atoms with Crippen LogP contribution >= 0.6 is 0 Å². The third kappa shape index (κ3) is 5.75. The van der Waals surface area contributed by atoms with Gasteiger partial charge in [-0.15, -0.1) is 0 Å². The Morgan fingerprint density at radius 2 is 1.68 bits per heavy atom. The Labute approximate surface area is 149 Å². The van der Waals surface area contributed by atoms with E-state index in [4.69, 9.17) is 0 Å². The molecule has 2 N–H and O–H groups in total. The van der Waals surface area contributed by atoms with Gasteiger partial charge in [0, 0.05) is 18.5 Å². The summed E-state index contributed by atoms with van der Waals surface area (Å²) in [4.78, 5) is 24.4. The summed E-state index contributed by atoms with van der Waals surface area (Å²) >= 11 is 0. The van der Waals surface area contributed by atoms with Gasteiger partial charge in [-0.05, 0) is 30.5 Å². The molecule has 2 aromatic carbocycles. The minimum atomic E-state index is -0.140. The van der Waals surface area contributed by atoms with Gasteiger partial charge < -0.3 is 10.6 Å². The molecule has 2 rings (SSSR count). The van der Waals surface area contributed by atoms with Crippen LogP contribution in [0, 0.1) is 6.92 Å². The molecule has 1 unspecified atom stereocenters. The molecule has 0 saturated heterocycles. The number of amides is 2. The smallest absolute Gasteiger partial charge is 0.251 e. The standard InChI is InChI=1S/C21H26N2O2/c1-3-9-19(17-11-5-4-6-12-17)23-20(24)14-15-22-21(25)18-13-8-7-10-16(18)2/h4-8,10-13,19H,3,9,14-15H2,1-2H3,(H,22,25)(H,23,24). The van der Waals surface area contributed by atoms with Crippen molar-refractivity contribution in [1.29, 1.82) is 0 Å². The number of rotatable bonds is 8. The third-order valence-corrected chi connectivity index (χ3v) is 4.14. The molecule has 0 saturated carbocycles. The number of hydrogen-bond acceptors (Lipinski definition) is 2. The van der Waals surface area contributed by atoms with Crippen LogP contribution in [0.4, 0.5) is 0 Å². The van der Waals surface area contributed by atoms with E-state index in [1.54, 1.807) is 6.07 Å². The maximum absolute atomic E-state index is 12.2. The molecule has 0 aromatic heterocycles. The third-order valence-electron chi connectivity index (χ3n) is 4.14. The van der Waals surface area contributed by atoms with Gasteiger partial charge in [-0.2, -0.15) is 0 Å². The number of carbonyl (C=O) groups excluding carboxylic acids is 2. The van der Waals surface area contributed by atoms with Crippen molar-refractivity contribution in [2.24, 2.45) is 0 Å². The van der Waals surface area contributed by atoms with E-state index in [0.29, 0.717) is 12.1 Å². The fourth-order valence-electron chi connectivity index (χ4n) is 2.78. The molecule has 2 aromatic rings. The molecule has 4 heteroatoms. The van der Waals surface area contributed by atoms with Crippen molar-refractivity contribution in [3.05, 3.63) is 71.3 Å². The normalized spacial score (nSPS) is 11.6. The topological polar surface area (TPSA) is 58.2 Å². The molecule has 0 bridgehead atoms. The van der Waals surface area contributed by atoms with Gasteiger partial charge in [0.05, 0.1) is 6.04 Å². The Morgan fingerprint density at radius 1 is 1.00 bits per heavy atom. The van der Waals surface area contributed by atoms with Crippen LogP contribution in [-0.2, 0) is 4.79 Å². The van der Waals surface area contributed by atoms with Crippen LogP contribution in [0.25, 0.3) is 0 Å². The Hall–Kier alpha value is -2.62. The van der Waals surface area contributed by atoms with Crippen LogP contribution in [-0.4, -0.2) is 18.4 Å². The zero-order valence-corrected chi connectivity index (χ0v) is 14.9. The molecule has 0 radical (unpaired) electrons. The van der Waals surface area contributed by atoms with Crippen molar-refractivity contribution in [2.45, 2.75) is 39.2 Å². The molecule has 0 aliphatic heterocycles. The first kappa shape index (κ1) is 18.7. The molecule has 1 atom stereocenters. The second kappa shape index (κ2) is 9.62. The first-order valence-corrected chi connectivity index (χ1v) is 8.80. The van der Waals surface area contributed by atoms with Crippen molar-refractivity contribution in [1.82, 2.24) is 10.6 Å². The molecule has 4 nitrogen and oxygen atoms in total. The Morgan fingerprint density at radius 3 is 2.36 bits per heavy atom. The van der Waals surface area contributed by atoms with Crippen LogP contribution in [0.15, 0.2) is 54.6 Å². The van der Waals surface area contributed by atoms with E-state index < -0.39 is 0 Å². The number of carbonyl (C=O) groups is 2. The highest BCUT2D eigenvalue weighted by Gasteiger charge is 2.14. The van der Waals surface area contributed by atoms with Crippen LogP contribution < -0.4 is 10.6 Å².